The first-order valence-corrected chi connectivity index (χ1v) is 7.86. The number of ether oxygens (including phenoxy) is 1. The van der Waals surface area contributed by atoms with E-state index in [4.69, 9.17) is 22.1 Å². The molecule has 1 atom stereocenters. The molecule has 3 N–H and O–H groups in total. The molecule has 5 heteroatoms. The Kier molecular flexibility index (Phi) is 6.02. The quantitative estimate of drug-likeness (QED) is 0.845. The van der Waals surface area contributed by atoms with Crippen LogP contribution in [0.15, 0.2) is 24.3 Å². The van der Waals surface area contributed by atoms with Crippen molar-refractivity contribution in [2.24, 2.45) is 5.73 Å². The van der Waals surface area contributed by atoms with E-state index < -0.39 is 5.60 Å². The second-order valence-corrected chi connectivity index (χ2v) is 6.46. The van der Waals surface area contributed by atoms with E-state index >= 15 is 0 Å². The molecule has 1 saturated heterocycles. The average molecular weight is 313 g/mol. The molecule has 1 fully saturated rings. The van der Waals surface area contributed by atoms with E-state index in [0.29, 0.717) is 37.6 Å². The largest absolute Gasteiger partial charge is 0.388 e. The lowest BCUT2D eigenvalue weighted by Gasteiger charge is -2.35. The number of aliphatic hydroxyl groups is 1. The fourth-order valence-electron chi connectivity index (χ4n) is 2.75. The fraction of sp³-hybridized carbons (Fsp3) is 0.625. The van der Waals surface area contributed by atoms with Gasteiger partial charge in [-0.25, -0.2) is 0 Å². The molecule has 1 aliphatic rings. The predicted octanol–water partition coefficient (Wildman–Crippen LogP) is 2.20. The Hall–Kier alpha value is -0.650. The molecule has 1 aliphatic heterocycles. The number of benzene rings is 1. The maximum atomic E-state index is 10.5. The molecular formula is C16H25ClN2O2. The monoisotopic (exact) mass is 312 g/mol. The van der Waals surface area contributed by atoms with Crippen molar-refractivity contribution < 1.29 is 9.84 Å². The highest BCUT2D eigenvalue weighted by atomic mass is 35.5. The summed E-state index contributed by atoms with van der Waals surface area (Å²) in [6.45, 7) is 2.80. The number of nitrogens with zero attached hydrogens (tertiary/aromatic N) is 1. The second kappa shape index (κ2) is 7.56. The standard InChI is InChI=1S/C16H25ClN2O2/c1-19(12-16(20)6-9-21-10-7-16)8-5-15(18)13-3-2-4-14(17)11-13/h2-4,11,15,20H,5-10,12,18H2,1H3. The summed E-state index contributed by atoms with van der Waals surface area (Å²) in [7, 11) is 2.03. The molecule has 0 spiro atoms. The SMILES string of the molecule is CN(CCC(N)c1cccc(Cl)c1)CC1(O)CCOCC1. The lowest BCUT2D eigenvalue weighted by molar-refractivity contribution is -0.0770. The van der Waals surface area contributed by atoms with Gasteiger partial charge in [-0.05, 0) is 37.7 Å². The Morgan fingerprint density at radius 3 is 2.81 bits per heavy atom. The van der Waals surface area contributed by atoms with E-state index in [0.717, 1.165) is 18.5 Å². The van der Waals surface area contributed by atoms with Gasteiger partial charge < -0.3 is 20.5 Å². The predicted molar refractivity (Wildman–Crippen MR) is 85.5 cm³/mol. The van der Waals surface area contributed by atoms with Crippen molar-refractivity contribution in [1.82, 2.24) is 4.90 Å². The molecule has 0 aliphatic carbocycles. The van der Waals surface area contributed by atoms with Gasteiger partial charge in [-0.15, -0.1) is 0 Å². The van der Waals surface area contributed by atoms with Gasteiger partial charge in [0, 0.05) is 43.7 Å². The molecular weight excluding hydrogens is 288 g/mol. The Bertz CT molecular complexity index is 450. The van der Waals surface area contributed by atoms with Gasteiger partial charge in [-0.3, -0.25) is 0 Å². The minimum Gasteiger partial charge on any atom is -0.388 e. The molecule has 4 nitrogen and oxygen atoms in total. The summed E-state index contributed by atoms with van der Waals surface area (Å²) >= 11 is 5.99. The van der Waals surface area contributed by atoms with E-state index in [1.54, 1.807) is 0 Å². The van der Waals surface area contributed by atoms with Crippen LogP contribution in [0.25, 0.3) is 0 Å². The van der Waals surface area contributed by atoms with Crippen LogP contribution in [-0.4, -0.2) is 49.0 Å². The van der Waals surface area contributed by atoms with Crippen molar-refractivity contribution in [3.63, 3.8) is 0 Å². The third kappa shape index (κ3) is 5.24. The first-order valence-electron chi connectivity index (χ1n) is 7.48. The van der Waals surface area contributed by atoms with Crippen LogP contribution < -0.4 is 5.73 Å². The molecule has 2 rings (SSSR count). The minimum atomic E-state index is -0.618. The Balaban J connectivity index is 1.79. The van der Waals surface area contributed by atoms with Crippen LogP contribution in [0.5, 0.6) is 0 Å². The summed E-state index contributed by atoms with van der Waals surface area (Å²) in [5, 5.41) is 11.2. The van der Waals surface area contributed by atoms with E-state index in [1.807, 2.05) is 31.3 Å². The van der Waals surface area contributed by atoms with Gasteiger partial charge in [0.25, 0.3) is 0 Å². The van der Waals surface area contributed by atoms with Gasteiger partial charge in [-0.1, -0.05) is 23.7 Å². The molecule has 21 heavy (non-hydrogen) atoms. The smallest absolute Gasteiger partial charge is 0.0817 e. The highest BCUT2D eigenvalue weighted by Gasteiger charge is 2.30. The lowest BCUT2D eigenvalue weighted by Crippen LogP contribution is -2.46. The highest BCUT2D eigenvalue weighted by Crippen LogP contribution is 2.22. The van der Waals surface area contributed by atoms with Gasteiger partial charge in [0.1, 0.15) is 0 Å². The number of halogens is 1. The Morgan fingerprint density at radius 2 is 2.14 bits per heavy atom. The van der Waals surface area contributed by atoms with E-state index in [1.165, 1.54) is 0 Å². The van der Waals surface area contributed by atoms with Crippen LogP contribution in [-0.2, 0) is 4.74 Å². The van der Waals surface area contributed by atoms with Crippen LogP contribution in [0.1, 0.15) is 30.9 Å². The minimum absolute atomic E-state index is 0.0320. The summed E-state index contributed by atoms with van der Waals surface area (Å²) in [6.07, 6.45) is 2.25. The van der Waals surface area contributed by atoms with E-state index in [9.17, 15) is 5.11 Å². The third-order valence-electron chi connectivity index (χ3n) is 4.09. The lowest BCUT2D eigenvalue weighted by atomic mass is 9.93. The number of likely N-dealkylation sites (N-methyl/N-ethyl adjacent to an activating group) is 1. The van der Waals surface area contributed by atoms with E-state index in [2.05, 4.69) is 4.90 Å². The summed E-state index contributed by atoms with van der Waals surface area (Å²) in [5.41, 5.74) is 6.65. The van der Waals surface area contributed by atoms with Gasteiger partial charge in [0.05, 0.1) is 5.60 Å². The molecule has 1 aromatic carbocycles. The summed E-state index contributed by atoms with van der Waals surface area (Å²) in [6, 6.07) is 7.66. The maximum absolute atomic E-state index is 10.5. The normalized spacial score (nSPS) is 19.7. The first-order chi connectivity index (χ1) is 9.98. The van der Waals surface area contributed by atoms with Crippen LogP contribution in [0.4, 0.5) is 0 Å². The molecule has 0 radical (unpaired) electrons. The zero-order valence-corrected chi connectivity index (χ0v) is 13.4. The summed E-state index contributed by atoms with van der Waals surface area (Å²) < 4.78 is 5.30. The fourth-order valence-corrected chi connectivity index (χ4v) is 2.95. The number of hydrogen-bond donors (Lipinski definition) is 2. The molecule has 0 bridgehead atoms. The van der Waals surface area contributed by atoms with Crippen LogP contribution in [0.3, 0.4) is 0 Å². The second-order valence-electron chi connectivity index (χ2n) is 6.02. The van der Waals surface area contributed by atoms with Crippen LogP contribution in [0, 0.1) is 0 Å². The zero-order valence-electron chi connectivity index (χ0n) is 12.6. The molecule has 118 valence electrons. The van der Waals surface area contributed by atoms with Gasteiger partial charge in [0.2, 0.25) is 0 Å². The molecule has 1 unspecified atom stereocenters. The Morgan fingerprint density at radius 1 is 1.43 bits per heavy atom. The van der Waals surface area contributed by atoms with Crippen molar-refractivity contribution in [2.45, 2.75) is 30.9 Å². The van der Waals surface area contributed by atoms with Crippen molar-refractivity contribution >= 4 is 11.6 Å². The topological polar surface area (TPSA) is 58.7 Å². The van der Waals surface area contributed by atoms with Crippen molar-refractivity contribution in [1.29, 1.82) is 0 Å². The Labute approximate surface area is 131 Å². The highest BCUT2D eigenvalue weighted by molar-refractivity contribution is 6.30. The molecule has 0 saturated carbocycles. The number of rotatable bonds is 6. The van der Waals surface area contributed by atoms with Crippen LogP contribution >= 0.6 is 11.6 Å². The third-order valence-corrected chi connectivity index (χ3v) is 4.32. The van der Waals surface area contributed by atoms with Crippen molar-refractivity contribution in [3.8, 4) is 0 Å². The van der Waals surface area contributed by atoms with Crippen molar-refractivity contribution in [2.75, 3.05) is 33.4 Å². The number of hydrogen-bond acceptors (Lipinski definition) is 4. The van der Waals surface area contributed by atoms with Gasteiger partial charge in [0.15, 0.2) is 0 Å². The van der Waals surface area contributed by atoms with Gasteiger partial charge in [-0.2, -0.15) is 0 Å². The molecule has 1 aromatic rings. The molecule has 0 amide bonds. The molecule has 0 aromatic heterocycles. The summed E-state index contributed by atoms with van der Waals surface area (Å²) in [5.74, 6) is 0. The average Bonchev–Trinajstić information content (AvgIpc) is 2.45. The van der Waals surface area contributed by atoms with Crippen LogP contribution in [0.2, 0.25) is 5.02 Å². The zero-order chi connectivity index (χ0) is 15.3. The maximum Gasteiger partial charge on any atom is 0.0817 e. The van der Waals surface area contributed by atoms with Crippen molar-refractivity contribution in [3.05, 3.63) is 34.9 Å². The number of nitrogens with two attached hydrogens (primary N) is 1. The van der Waals surface area contributed by atoms with E-state index in [-0.39, 0.29) is 6.04 Å². The molecule has 1 heterocycles. The summed E-state index contributed by atoms with van der Waals surface area (Å²) in [4.78, 5) is 2.15. The first kappa shape index (κ1) is 16.7. The van der Waals surface area contributed by atoms with Gasteiger partial charge >= 0.3 is 0 Å².